The van der Waals surface area contributed by atoms with E-state index in [-0.39, 0.29) is 17.6 Å². The van der Waals surface area contributed by atoms with Crippen molar-refractivity contribution in [2.45, 2.75) is 13.3 Å². The Kier molecular flexibility index (Phi) is 4.44. The zero-order valence-electron chi connectivity index (χ0n) is 12.4. The van der Waals surface area contributed by atoms with Gasteiger partial charge in [0.05, 0.1) is 11.9 Å². The first-order valence-corrected chi connectivity index (χ1v) is 8.97. The summed E-state index contributed by atoms with van der Waals surface area (Å²) in [5, 5.41) is 1.50. The number of hydrogen-bond donors (Lipinski definition) is 0. The average Bonchev–Trinajstić information content (AvgIpc) is 3.15. The minimum Gasteiger partial charge on any atom is -0.305 e. The highest BCUT2D eigenvalue weighted by atomic mass is 32.2. The van der Waals surface area contributed by atoms with Crippen molar-refractivity contribution < 1.29 is 9.18 Å². The quantitative estimate of drug-likeness (QED) is 0.861. The standard InChI is InChI=1S/C15H16FN3OS2/c1-9-15(19(2)14(20)10-3-4-21-8-10)22-13(18-9)11-5-12(16)7-17-6-11/h5-7,10H,3-4,8H2,1-2H3. The van der Waals surface area contributed by atoms with Crippen molar-refractivity contribution in [3.63, 3.8) is 0 Å². The van der Waals surface area contributed by atoms with Crippen LogP contribution in [-0.4, -0.2) is 34.4 Å². The van der Waals surface area contributed by atoms with Gasteiger partial charge in [-0.25, -0.2) is 9.37 Å². The second kappa shape index (κ2) is 6.34. The molecule has 0 radical (unpaired) electrons. The number of carbonyl (C=O) groups excluding carboxylic acids is 1. The van der Waals surface area contributed by atoms with Crippen LogP contribution in [0.25, 0.3) is 10.6 Å². The van der Waals surface area contributed by atoms with Crippen molar-refractivity contribution in [1.29, 1.82) is 0 Å². The lowest BCUT2D eigenvalue weighted by Crippen LogP contribution is -2.32. The number of thioether (sulfide) groups is 1. The summed E-state index contributed by atoms with van der Waals surface area (Å²) in [4.78, 5) is 22.5. The second-order valence-corrected chi connectivity index (χ2v) is 7.39. The van der Waals surface area contributed by atoms with E-state index in [1.165, 1.54) is 17.4 Å². The van der Waals surface area contributed by atoms with Crippen LogP contribution in [0.2, 0.25) is 0 Å². The Labute approximate surface area is 136 Å². The van der Waals surface area contributed by atoms with Crippen LogP contribution in [0.3, 0.4) is 0 Å². The molecule has 4 nitrogen and oxygen atoms in total. The summed E-state index contributed by atoms with van der Waals surface area (Å²) in [5.41, 5.74) is 1.42. The van der Waals surface area contributed by atoms with Crippen LogP contribution in [0.5, 0.6) is 0 Å². The molecule has 0 saturated carbocycles. The molecule has 1 amide bonds. The maximum absolute atomic E-state index is 13.3. The van der Waals surface area contributed by atoms with Crippen LogP contribution in [0, 0.1) is 18.7 Å². The number of halogens is 1. The van der Waals surface area contributed by atoms with Crippen LogP contribution >= 0.6 is 23.1 Å². The number of aryl methyl sites for hydroxylation is 1. The van der Waals surface area contributed by atoms with Crippen LogP contribution in [0.15, 0.2) is 18.5 Å². The lowest BCUT2D eigenvalue weighted by molar-refractivity contribution is -0.121. The van der Waals surface area contributed by atoms with Crippen molar-refractivity contribution in [3.05, 3.63) is 30.0 Å². The summed E-state index contributed by atoms with van der Waals surface area (Å²) in [6.07, 6.45) is 3.69. The molecule has 22 heavy (non-hydrogen) atoms. The minimum absolute atomic E-state index is 0.0933. The number of pyridine rings is 1. The Morgan fingerprint density at radius 3 is 2.95 bits per heavy atom. The number of thiazole rings is 1. The zero-order chi connectivity index (χ0) is 15.7. The summed E-state index contributed by atoms with van der Waals surface area (Å²) < 4.78 is 13.3. The third-order valence-electron chi connectivity index (χ3n) is 3.64. The first-order chi connectivity index (χ1) is 10.6. The summed E-state index contributed by atoms with van der Waals surface area (Å²) in [7, 11) is 1.79. The second-order valence-electron chi connectivity index (χ2n) is 5.26. The molecule has 2 aromatic heterocycles. The molecule has 1 fully saturated rings. The van der Waals surface area contributed by atoms with Crippen molar-refractivity contribution in [2.75, 3.05) is 23.5 Å². The van der Waals surface area contributed by atoms with Crippen LogP contribution in [-0.2, 0) is 4.79 Å². The summed E-state index contributed by atoms with van der Waals surface area (Å²) in [6, 6.07) is 1.41. The fourth-order valence-electron chi connectivity index (χ4n) is 2.46. The Morgan fingerprint density at radius 1 is 1.45 bits per heavy atom. The number of carbonyl (C=O) groups is 1. The van der Waals surface area contributed by atoms with Gasteiger partial charge in [-0.2, -0.15) is 11.8 Å². The molecule has 0 bridgehead atoms. The molecule has 0 aliphatic carbocycles. The van der Waals surface area contributed by atoms with Gasteiger partial charge in [0.25, 0.3) is 0 Å². The molecule has 116 valence electrons. The SMILES string of the molecule is Cc1nc(-c2cncc(F)c2)sc1N(C)C(=O)C1CCSC1. The van der Waals surface area contributed by atoms with Gasteiger partial charge in [-0.05, 0) is 25.2 Å². The molecule has 0 spiro atoms. The Bertz CT molecular complexity index is 698. The first-order valence-electron chi connectivity index (χ1n) is 7.00. The van der Waals surface area contributed by atoms with Gasteiger partial charge in [0.2, 0.25) is 5.91 Å². The molecule has 1 saturated heterocycles. The number of anilines is 1. The highest BCUT2D eigenvalue weighted by Crippen LogP contribution is 2.35. The van der Waals surface area contributed by atoms with E-state index in [9.17, 15) is 9.18 Å². The van der Waals surface area contributed by atoms with Crippen molar-refractivity contribution in [2.24, 2.45) is 5.92 Å². The Morgan fingerprint density at radius 2 is 2.27 bits per heavy atom. The highest BCUT2D eigenvalue weighted by Gasteiger charge is 2.28. The number of amides is 1. The number of nitrogens with zero attached hydrogens (tertiary/aromatic N) is 3. The Hall–Kier alpha value is -1.47. The van der Waals surface area contributed by atoms with E-state index in [4.69, 9.17) is 0 Å². The van der Waals surface area contributed by atoms with Gasteiger partial charge in [0.15, 0.2) is 0 Å². The van der Waals surface area contributed by atoms with Crippen LogP contribution in [0.1, 0.15) is 12.1 Å². The number of hydrogen-bond acceptors (Lipinski definition) is 5. The van der Waals surface area contributed by atoms with Gasteiger partial charge >= 0.3 is 0 Å². The minimum atomic E-state index is -0.390. The van der Waals surface area contributed by atoms with Gasteiger partial charge in [-0.3, -0.25) is 9.78 Å². The van der Waals surface area contributed by atoms with E-state index in [1.54, 1.807) is 18.1 Å². The van der Waals surface area contributed by atoms with Crippen molar-refractivity contribution >= 4 is 34.0 Å². The average molecular weight is 337 g/mol. The summed E-state index contributed by atoms with van der Waals surface area (Å²) in [5.74, 6) is 1.78. The topological polar surface area (TPSA) is 46.1 Å². The fraction of sp³-hybridized carbons (Fsp3) is 0.400. The number of rotatable bonds is 3. The Balaban J connectivity index is 1.87. The van der Waals surface area contributed by atoms with Gasteiger partial charge in [0.1, 0.15) is 15.8 Å². The molecule has 3 heterocycles. The lowest BCUT2D eigenvalue weighted by atomic mass is 10.1. The van der Waals surface area contributed by atoms with Crippen LogP contribution in [0.4, 0.5) is 9.39 Å². The van der Waals surface area contributed by atoms with Gasteiger partial charge < -0.3 is 4.90 Å². The van der Waals surface area contributed by atoms with Crippen molar-refractivity contribution in [1.82, 2.24) is 9.97 Å². The molecule has 1 aliphatic heterocycles. The normalized spacial score (nSPS) is 17.7. The molecular formula is C15H16FN3OS2. The lowest BCUT2D eigenvalue weighted by Gasteiger charge is -2.19. The largest absolute Gasteiger partial charge is 0.305 e. The smallest absolute Gasteiger partial charge is 0.231 e. The van der Waals surface area contributed by atoms with Gasteiger partial charge in [-0.15, -0.1) is 0 Å². The summed E-state index contributed by atoms with van der Waals surface area (Å²) in [6.45, 7) is 1.87. The van der Waals surface area contributed by atoms with E-state index >= 15 is 0 Å². The van der Waals surface area contributed by atoms with E-state index in [2.05, 4.69) is 9.97 Å². The maximum Gasteiger partial charge on any atom is 0.231 e. The van der Waals surface area contributed by atoms with E-state index in [1.807, 2.05) is 18.7 Å². The predicted molar refractivity (Wildman–Crippen MR) is 88.9 cm³/mol. The maximum atomic E-state index is 13.3. The molecule has 1 unspecified atom stereocenters. The highest BCUT2D eigenvalue weighted by molar-refractivity contribution is 7.99. The molecule has 0 N–H and O–H groups in total. The third kappa shape index (κ3) is 3.01. The third-order valence-corrected chi connectivity index (χ3v) is 6.08. The molecule has 1 aliphatic rings. The van der Waals surface area contributed by atoms with E-state index in [0.29, 0.717) is 10.6 Å². The molecule has 2 aromatic rings. The molecule has 3 rings (SSSR count). The zero-order valence-corrected chi connectivity index (χ0v) is 14.0. The first kappa shape index (κ1) is 15.4. The predicted octanol–water partition coefficient (Wildman–Crippen LogP) is 3.37. The number of aromatic nitrogens is 2. The van der Waals surface area contributed by atoms with E-state index < -0.39 is 0 Å². The molecular weight excluding hydrogens is 321 g/mol. The van der Waals surface area contributed by atoms with E-state index in [0.717, 1.165) is 34.8 Å². The monoisotopic (exact) mass is 337 g/mol. The van der Waals surface area contributed by atoms with Crippen molar-refractivity contribution in [3.8, 4) is 10.6 Å². The molecule has 1 atom stereocenters. The molecule has 0 aromatic carbocycles. The van der Waals surface area contributed by atoms with Crippen LogP contribution < -0.4 is 4.90 Å². The summed E-state index contributed by atoms with van der Waals surface area (Å²) >= 11 is 3.22. The fourth-order valence-corrected chi connectivity index (χ4v) is 4.68. The van der Waals surface area contributed by atoms with Gasteiger partial charge in [0, 0.05) is 30.5 Å². The molecule has 7 heteroatoms. The van der Waals surface area contributed by atoms with Gasteiger partial charge in [-0.1, -0.05) is 11.3 Å².